The monoisotopic (exact) mass is 260 g/mol. The largest absolute Gasteiger partial charge is 0.480 e. The first kappa shape index (κ1) is 14.3. The van der Waals surface area contributed by atoms with Crippen LogP contribution in [0.1, 0.15) is 25.7 Å². The molecule has 1 atom stereocenters. The van der Waals surface area contributed by atoms with Gasteiger partial charge in [0.15, 0.2) is 0 Å². The highest BCUT2D eigenvalue weighted by molar-refractivity contribution is 7.99. The highest BCUT2D eigenvalue weighted by Gasteiger charge is 2.16. The Labute approximate surface area is 106 Å². The number of likely N-dealkylation sites (tertiary alicyclic amines) is 1. The summed E-state index contributed by atoms with van der Waals surface area (Å²) in [6.07, 6.45) is 3.90. The van der Waals surface area contributed by atoms with E-state index in [0.717, 1.165) is 25.9 Å². The fourth-order valence-corrected chi connectivity index (χ4v) is 2.62. The van der Waals surface area contributed by atoms with Crippen LogP contribution in [-0.4, -0.2) is 52.5 Å². The zero-order valence-electron chi connectivity index (χ0n) is 9.93. The number of thioether (sulfide) groups is 1. The summed E-state index contributed by atoms with van der Waals surface area (Å²) in [4.78, 5) is 24.1. The molecule has 1 fully saturated rings. The normalized spacial score (nSPS) is 17.8. The molecule has 1 rings (SSSR count). The number of nitrogens with zero attached hydrogens (tertiary/aromatic N) is 1. The Hall–Kier alpha value is -0.750. The number of carbonyl (C=O) groups is 2. The van der Waals surface area contributed by atoms with Crippen molar-refractivity contribution >= 4 is 23.6 Å². The van der Waals surface area contributed by atoms with E-state index in [1.54, 1.807) is 0 Å². The smallest absolute Gasteiger partial charge is 0.321 e. The lowest BCUT2D eigenvalue weighted by molar-refractivity contribution is -0.138. The summed E-state index contributed by atoms with van der Waals surface area (Å²) in [5, 5.41) is 8.58. The maximum atomic E-state index is 11.7. The van der Waals surface area contributed by atoms with Crippen molar-refractivity contribution < 1.29 is 14.7 Å². The van der Waals surface area contributed by atoms with Crippen molar-refractivity contribution in [1.82, 2.24) is 4.90 Å². The Morgan fingerprint density at radius 2 is 1.94 bits per heavy atom. The zero-order valence-corrected chi connectivity index (χ0v) is 10.7. The molecule has 0 aromatic carbocycles. The molecule has 3 N–H and O–H groups in total. The fraction of sp³-hybridized carbons (Fsp3) is 0.818. The van der Waals surface area contributed by atoms with Gasteiger partial charge in [0.1, 0.15) is 6.04 Å². The SMILES string of the molecule is NC(CSCCC(=O)N1CCCCC1)C(=O)O. The van der Waals surface area contributed by atoms with Crippen molar-refractivity contribution in [2.45, 2.75) is 31.7 Å². The fourth-order valence-electron chi connectivity index (χ4n) is 1.74. The van der Waals surface area contributed by atoms with Crippen molar-refractivity contribution in [2.75, 3.05) is 24.6 Å². The number of aliphatic carboxylic acids is 1. The standard InChI is InChI=1S/C11H20N2O3S/c12-9(11(15)16)8-17-7-4-10(14)13-5-2-1-3-6-13/h9H,1-8,12H2,(H,15,16). The van der Waals surface area contributed by atoms with Gasteiger partial charge in [-0.15, -0.1) is 0 Å². The highest BCUT2D eigenvalue weighted by Crippen LogP contribution is 2.12. The van der Waals surface area contributed by atoms with Gasteiger partial charge in [-0.3, -0.25) is 9.59 Å². The van der Waals surface area contributed by atoms with Gasteiger partial charge >= 0.3 is 5.97 Å². The second-order valence-corrected chi connectivity index (χ2v) is 5.36. The second kappa shape index (κ2) is 7.55. The average Bonchev–Trinajstić information content (AvgIpc) is 2.35. The van der Waals surface area contributed by atoms with Crippen molar-refractivity contribution in [3.63, 3.8) is 0 Å². The molecule has 1 unspecified atom stereocenters. The lowest BCUT2D eigenvalue weighted by Gasteiger charge is -2.26. The molecule has 0 spiro atoms. The van der Waals surface area contributed by atoms with Gasteiger partial charge in [0.2, 0.25) is 5.91 Å². The number of hydrogen-bond acceptors (Lipinski definition) is 4. The maximum absolute atomic E-state index is 11.7. The molecule has 0 aromatic heterocycles. The number of rotatable bonds is 6. The van der Waals surface area contributed by atoms with Crippen LogP contribution in [0.15, 0.2) is 0 Å². The van der Waals surface area contributed by atoms with Crippen LogP contribution < -0.4 is 5.73 Å². The van der Waals surface area contributed by atoms with Gasteiger partial charge in [0, 0.05) is 31.0 Å². The molecule has 0 aromatic rings. The Morgan fingerprint density at radius 3 is 2.53 bits per heavy atom. The molecule has 1 heterocycles. The Balaban J connectivity index is 2.09. The van der Waals surface area contributed by atoms with E-state index in [4.69, 9.17) is 10.8 Å². The third-order valence-corrected chi connectivity index (χ3v) is 3.87. The summed E-state index contributed by atoms with van der Waals surface area (Å²) in [5.74, 6) is 0.208. The number of hydrogen-bond donors (Lipinski definition) is 2. The van der Waals surface area contributed by atoms with E-state index in [1.165, 1.54) is 18.2 Å². The van der Waals surface area contributed by atoms with E-state index in [-0.39, 0.29) is 5.91 Å². The van der Waals surface area contributed by atoms with Gasteiger partial charge in [-0.25, -0.2) is 0 Å². The summed E-state index contributed by atoms with van der Waals surface area (Å²) in [5.41, 5.74) is 5.36. The quantitative estimate of drug-likeness (QED) is 0.681. The molecule has 0 radical (unpaired) electrons. The molecule has 6 heteroatoms. The van der Waals surface area contributed by atoms with Gasteiger partial charge in [-0.1, -0.05) is 0 Å². The van der Waals surface area contributed by atoms with Gasteiger partial charge in [0.05, 0.1) is 0 Å². The molecular formula is C11H20N2O3S. The Morgan fingerprint density at radius 1 is 1.29 bits per heavy atom. The zero-order chi connectivity index (χ0) is 12.7. The maximum Gasteiger partial charge on any atom is 0.321 e. The third kappa shape index (κ3) is 5.41. The van der Waals surface area contributed by atoms with Crippen LogP contribution in [-0.2, 0) is 9.59 Å². The van der Waals surface area contributed by atoms with Crippen LogP contribution in [0, 0.1) is 0 Å². The van der Waals surface area contributed by atoms with Gasteiger partial charge in [-0.05, 0) is 19.3 Å². The Bertz CT molecular complexity index is 267. The highest BCUT2D eigenvalue weighted by atomic mass is 32.2. The van der Waals surface area contributed by atoms with Crippen LogP contribution in [0.5, 0.6) is 0 Å². The van der Waals surface area contributed by atoms with Crippen molar-refractivity contribution in [3.8, 4) is 0 Å². The predicted molar refractivity (Wildman–Crippen MR) is 68.0 cm³/mol. The number of nitrogens with two attached hydrogens (primary N) is 1. The molecule has 0 bridgehead atoms. The van der Waals surface area contributed by atoms with Gasteiger partial charge < -0.3 is 15.7 Å². The van der Waals surface area contributed by atoms with Crippen LogP contribution in [0.2, 0.25) is 0 Å². The van der Waals surface area contributed by atoms with Crippen molar-refractivity contribution in [3.05, 3.63) is 0 Å². The molecule has 5 nitrogen and oxygen atoms in total. The number of piperidine rings is 1. The summed E-state index contributed by atoms with van der Waals surface area (Å²) in [6.45, 7) is 1.75. The summed E-state index contributed by atoms with van der Waals surface area (Å²) < 4.78 is 0. The first-order valence-electron chi connectivity index (χ1n) is 5.95. The van der Waals surface area contributed by atoms with E-state index in [1.807, 2.05) is 4.90 Å². The summed E-state index contributed by atoms with van der Waals surface area (Å²) in [6, 6.07) is -0.829. The van der Waals surface area contributed by atoms with Gasteiger partial charge in [-0.2, -0.15) is 11.8 Å². The minimum atomic E-state index is -0.986. The molecule has 17 heavy (non-hydrogen) atoms. The molecule has 98 valence electrons. The molecule has 1 aliphatic heterocycles. The lowest BCUT2D eigenvalue weighted by atomic mass is 10.1. The average molecular weight is 260 g/mol. The number of carboxylic acids is 1. The number of amides is 1. The topological polar surface area (TPSA) is 83.6 Å². The van der Waals surface area contributed by atoms with E-state index < -0.39 is 12.0 Å². The van der Waals surface area contributed by atoms with E-state index in [2.05, 4.69) is 0 Å². The summed E-state index contributed by atoms with van der Waals surface area (Å²) in [7, 11) is 0. The first-order chi connectivity index (χ1) is 8.11. The van der Waals surface area contributed by atoms with Gasteiger partial charge in [0.25, 0.3) is 0 Å². The second-order valence-electron chi connectivity index (χ2n) is 4.21. The predicted octanol–water partition coefficient (Wildman–Crippen LogP) is 0.534. The van der Waals surface area contributed by atoms with E-state index in [9.17, 15) is 9.59 Å². The van der Waals surface area contributed by atoms with Crippen LogP contribution in [0.25, 0.3) is 0 Å². The number of carboxylic acid groups (broad SMARTS) is 1. The van der Waals surface area contributed by atoms with Crippen LogP contribution in [0.4, 0.5) is 0 Å². The van der Waals surface area contributed by atoms with E-state index in [0.29, 0.717) is 17.9 Å². The minimum Gasteiger partial charge on any atom is -0.480 e. The lowest BCUT2D eigenvalue weighted by Crippen LogP contribution is -2.36. The van der Waals surface area contributed by atoms with Crippen molar-refractivity contribution in [1.29, 1.82) is 0 Å². The van der Waals surface area contributed by atoms with Crippen LogP contribution in [0.3, 0.4) is 0 Å². The van der Waals surface area contributed by atoms with Crippen LogP contribution >= 0.6 is 11.8 Å². The van der Waals surface area contributed by atoms with Crippen molar-refractivity contribution in [2.24, 2.45) is 5.73 Å². The molecule has 0 aliphatic carbocycles. The molecule has 1 saturated heterocycles. The third-order valence-electron chi connectivity index (χ3n) is 2.78. The minimum absolute atomic E-state index is 0.182. The summed E-state index contributed by atoms with van der Waals surface area (Å²) >= 11 is 1.43. The Kier molecular flexibility index (Phi) is 6.36. The molecule has 0 saturated carbocycles. The number of carbonyl (C=O) groups excluding carboxylic acids is 1. The molecule has 1 aliphatic rings. The molecule has 1 amide bonds. The molecular weight excluding hydrogens is 240 g/mol. The first-order valence-corrected chi connectivity index (χ1v) is 7.10. The van der Waals surface area contributed by atoms with E-state index >= 15 is 0 Å².